The van der Waals surface area contributed by atoms with Crippen LogP contribution in [0.1, 0.15) is 69.0 Å². The van der Waals surface area contributed by atoms with Crippen LogP contribution in [0, 0.1) is 17.7 Å². The van der Waals surface area contributed by atoms with Crippen molar-refractivity contribution >= 4 is 12.5 Å². The minimum Gasteiger partial charge on any atom is -0.438 e. The van der Waals surface area contributed by atoms with E-state index in [1.807, 2.05) is 36.7 Å². The number of carbonyl (C=O) groups excluding carboxylic acids is 1. The highest BCUT2D eigenvalue weighted by atomic mass is 19.1. The molecule has 3 unspecified atom stereocenters. The van der Waals surface area contributed by atoms with Crippen molar-refractivity contribution < 1.29 is 18.7 Å². The molecule has 3 atom stereocenters. The number of hydrogen-bond acceptors (Lipinski definition) is 6. The lowest BCUT2D eigenvalue weighted by molar-refractivity contribution is -0.0633. The molecule has 1 aliphatic heterocycles. The summed E-state index contributed by atoms with van der Waals surface area (Å²) in [5.74, 6) is 0.777. The van der Waals surface area contributed by atoms with Gasteiger partial charge in [-0.05, 0) is 68.5 Å². The zero-order chi connectivity index (χ0) is 27.1. The maximum absolute atomic E-state index is 14.0. The quantitative estimate of drug-likeness (QED) is 0.320. The monoisotopic (exact) mass is 523 g/mol. The Kier molecular flexibility index (Phi) is 9.42. The molecule has 206 valence electrons. The lowest BCUT2D eigenvalue weighted by Gasteiger charge is -2.41. The molecule has 2 aromatic rings. The number of carbonyl (C=O) groups is 1. The SMILES string of the molecule is CCCC1(OC(=O)OC)N=CN(Cc2ccccc2)C1CC1CCC(C(c2cccc(F)c2)N(C)C)CC1. The molecule has 1 saturated carbocycles. The Labute approximate surface area is 226 Å². The smallest absolute Gasteiger partial charge is 0.438 e. The number of hydrogen-bond donors (Lipinski definition) is 0. The molecule has 0 bridgehead atoms. The van der Waals surface area contributed by atoms with Crippen LogP contribution < -0.4 is 0 Å². The summed E-state index contributed by atoms with van der Waals surface area (Å²) in [5, 5.41) is 0. The lowest BCUT2D eigenvalue weighted by Crippen LogP contribution is -2.49. The van der Waals surface area contributed by atoms with Crippen LogP contribution in [-0.4, -0.2) is 55.3 Å². The molecule has 0 saturated heterocycles. The highest BCUT2D eigenvalue weighted by Crippen LogP contribution is 2.44. The summed E-state index contributed by atoms with van der Waals surface area (Å²) < 4.78 is 24.8. The van der Waals surface area contributed by atoms with Gasteiger partial charge in [-0.3, -0.25) is 0 Å². The highest BCUT2D eigenvalue weighted by molar-refractivity contribution is 5.64. The van der Waals surface area contributed by atoms with Crippen molar-refractivity contribution in [2.24, 2.45) is 16.8 Å². The zero-order valence-corrected chi connectivity index (χ0v) is 23.2. The Morgan fingerprint density at radius 3 is 2.50 bits per heavy atom. The first-order chi connectivity index (χ1) is 18.3. The van der Waals surface area contributed by atoms with E-state index in [1.54, 1.807) is 6.07 Å². The van der Waals surface area contributed by atoms with Crippen molar-refractivity contribution in [3.8, 4) is 0 Å². The van der Waals surface area contributed by atoms with Crippen molar-refractivity contribution in [3.05, 3.63) is 71.5 Å². The van der Waals surface area contributed by atoms with E-state index < -0.39 is 11.9 Å². The van der Waals surface area contributed by atoms with Gasteiger partial charge in [0.25, 0.3) is 0 Å². The molecule has 0 N–H and O–H groups in total. The van der Waals surface area contributed by atoms with Gasteiger partial charge in [0.15, 0.2) is 0 Å². The fourth-order valence-corrected chi connectivity index (χ4v) is 6.52. The largest absolute Gasteiger partial charge is 0.510 e. The van der Waals surface area contributed by atoms with Gasteiger partial charge in [0, 0.05) is 19.0 Å². The molecule has 1 fully saturated rings. The first kappa shape index (κ1) is 28.1. The number of ether oxygens (including phenoxy) is 2. The van der Waals surface area contributed by atoms with Gasteiger partial charge in [-0.1, -0.05) is 68.7 Å². The molecule has 6 nitrogen and oxygen atoms in total. The maximum Gasteiger partial charge on any atom is 0.510 e. The van der Waals surface area contributed by atoms with Gasteiger partial charge in [-0.2, -0.15) is 0 Å². The number of nitrogens with zero attached hydrogens (tertiary/aromatic N) is 3. The third-order valence-corrected chi connectivity index (χ3v) is 8.23. The van der Waals surface area contributed by atoms with Gasteiger partial charge in [-0.25, -0.2) is 14.2 Å². The van der Waals surface area contributed by atoms with Crippen LogP contribution >= 0.6 is 0 Å². The second-order valence-electron chi connectivity index (χ2n) is 11.0. The van der Waals surface area contributed by atoms with E-state index in [9.17, 15) is 9.18 Å². The number of benzene rings is 2. The van der Waals surface area contributed by atoms with Crippen LogP contribution in [0.25, 0.3) is 0 Å². The van der Waals surface area contributed by atoms with E-state index in [4.69, 9.17) is 14.5 Å². The fraction of sp³-hybridized carbons (Fsp3) is 0.548. The van der Waals surface area contributed by atoms with E-state index in [0.717, 1.165) is 44.1 Å². The molecule has 4 rings (SSSR count). The molecule has 0 radical (unpaired) electrons. The summed E-state index contributed by atoms with van der Waals surface area (Å²) in [6.45, 7) is 2.80. The van der Waals surface area contributed by atoms with E-state index >= 15 is 0 Å². The Morgan fingerprint density at radius 1 is 1.13 bits per heavy atom. The Hall–Kier alpha value is -2.93. The van der Waals surface area contributed by atoms with Crippen molar-refractivity contribution in [1.29, 1.82) is 0 Å². The minimum atomic E-state index is -0.943. The number of methoxy groups -OCH3 is 1. The van der Waals surface area contributed by atoms with Gasteiger partial charge in [-0.15, -0.1) is 0 Å². The molecule has 1 aliphatic carbocycles. The maximum atomic E-state index is 14.0. The molecule has 7 heteroatoms. The van der Waals surface area contributed by atoms with Crippen molar-refractivity contribution in [2.75, 3.05) is 21.2 Å². The molecule has 1 heterocycles. The summed E-state index contributed by atoms with van der Waals surface area (Å²) in [6.07, 6.45) is 7.89. The molecule has 2 aliphatic rings. The van der Waals surface area contributed by atoms with Crippen molar-refractivity contribution in [1.82, 2.24) is 9.80 Å². The molecule has 0 aromatic heterocycles. The number of halogens is 1. The summed E-state index contributed by atoms with van der Waals surface area (Å²) in [6, 6.07) is 17.5. The van der Waals surface area contributed by atoms with Crippen molar-refractivity contribution in [2.45, 2.75) is 76.2 Å². The standard InChI is InChI=1S/C31H42FN3O3/c1-5-18-31(38-30(36)37-4)28(35(22-33-31)21-24-10-7-6-8-11-24)19-23-14-16-25(17-15-23)29(34(2)3)26-12-9-13-27(32)20-26/h6-13,20,22-23,25,28-29H,5,14-19,21H2,1-4H3. The van der Waals surface area contributed by atoms with E-state index in [2.05, 4.69) is 43.0 Å². The van der Waals surface area contributed by atoms with Gasteiger partial charge in [0.05, 0.1) is 19.5 Å². The van der Waals surface area contributed by atoms with E-state index in [0.29, 0.717) is 24.8 Å². The predicted molar refractivity (Wildman–Crippen MR) is 148 cm³/mol. The Morgan fingerprint density at radius 2 is 1.87 bits per heavy atom. The number of aliphatic imine (C=N–C) groups is 1. The van der Waals surface area contributed by atoms with Crippen LogP contribution in [0.4, 0.5) is 9.18 Å². The van der Waals surface area contributed by atoms with Gasteiger partial charge >= 0.3 is 6.16 Å². The molecule has 2 aromatic carbocycles. The summed E-state index contributed by atoms with van der Waals surface area (Å²) in [4.78, 5) is 21.6. The summed E-state index contributed by atoms with van der Waals surface area (Å²) >= 11 is 0. The fourth-order valence-electron chi connectivity index (χ4n) is 6.52. The third kappa shape index (κ3) is 6.55. The first-order valence-corrected chi connectivity index (χ1v) is 13.9. The van der Waals surface area contributed by atoms with E-state index in [1.165, 1.54) is 18.7 Å². The Balaban J connectivity index is 1.50. The number of rotatable bonds is 10. The van der Waals surface area contributed by atoms with E-state index in [-0.39, 0.29) is 17.9 Å². The van der Waals surface area contributed by atoms with Crippen LogP contribution in [-0.2, 0) is 16.0 Å². The lowest BCUT2D eigenvalue weighted by atomic mass is 9.73. The normalized spacial score (nSPS) is 25.9. The Bertz CT molecular complexity index is 1070. The van der Waals surface area contributed by atoms with Crippen LogP contribution in [0.3, 0.4) is 0 Å². The molecular weight excluding hydrogens is 481 g/mol. The topological polar surface area (TPSA) is 54.4 Å². The third-order valence-electron chi connectivity index (χ3n) is 8.23. The molecule has 0 amide bonds. The van der Waals surface area contributed by atoms with Gasteiger partial charge in [0.1, 0.15) is 5.82 Å². The van der Waals surface area contributed by atoms with Gasteiger partial charge < -0.3 is 19.3 Å². The summed E-state index contributed by atoms with van der Waals surface area (Å²) in [5.41, 5.74) is 1.30. The minimum absolute atomic E-state index is 0.0591. The highest BCUT2D eigenvalue weighted by Gasteiger charge is 2.49. The molecule has 38 heavy (non-hydrogen) atoms. The van der Waals surface area contributed by atoms with Crippen LogP contribution in [0.2, 0.25) is 0 Å². The molecular formula is C31H42FN3O3. The second-order valence-corrected chi connectivity index (χ2v) is 11.0. The molecule has 0 spiro atoms. The van der Waals surface area contributed by atoms with Crippen LogP contribution in [0.15, 0.2) is 59.6 Å². The van der Waals surface area contributed by atoms with Crippen molar-refractivity contribution in [3.63, 3.8) is 0 Å². The average molecular weight is 524 g/mol. The average Bonchev–Trinajstić information content (AvgIpc) is 3.21. The summed E-state index contributed by atoms with van der Waals surface area (Å²) in [7, 11) is 5.52. The predicted octanol–water partition coefficient (Wildman–Crippen LogP) is 6.82. The zero-order valence-electron chi connectivity index (χ0n) is 23.2. The first-order valence-electron chi connectivity index (χ1n) is 13.9. The second kappa shape index (κ2) is 12.7. The van der Waals surface area contributed by atoms with Crippen LogP contribution in [0.5, 0.6) is 0 Å². The van der Waals surface area contributed by atoms with Gasteiger partial charge in [0.2, 0.25) is 5.72 Å².